The number of hydrogen-bond donors (Lipinski definition) is 2. The first-order valence-corrected chi connectivity index (χ1v) is 11.8. The van der Waals surface area contributed by atoms with Gasteiger partial charge in [0.1, 0.15) is 5.75 Å². The fourth-order valence-corrected chi connectivity index (χ4v) is 5.53. The summed E-state index contributed by atoms with van der Waals surface area (Å²) in [4.78, 5) is 6.68. The van der Waals surface area contributed by atoms with Crippen molar-refractivity contribution < 1.29 is 5.11 Å². The minimum Gasteiger partial charge on any atom is -0.506 e. The molecule has 0 saturated carbocycles. The number of rotatable bonds is 4. The molecule has 0 radical (unpaired) electrons. The summed E-state index contributed by atoms with van der Waals surface area (Å²) in [6, 6.07) is 21.6. The van der Waals surface area contributed by atoms with Gasteiger partial charge in [0.05, 0.1) is 29.2 Å². The lowest BCUT2D eigenvalue weighted by Gasteiger charge is -2.28. The maximum atomic E-state index is 10.7. The standard InChI is InChI=1S/C28H28N4OS/c1-17-10-9-11-18(2)26(17)31-19(3)16-21(20(31)4)27-25(22-12-7-8-15-29-22)30-28(34)32(27)23-13-5-6-14-24(23)33/h5-16,25,27,33H,1-4H3,(H,30,34)/t25-,27-/m1/s1. The van der Waals surface area contributed by atoms with Crippen molar-refractivity contribution in [1.29, 1.82) is 0 Å². The van der Waals surface area contributed by atoms with E-state index in [1.54, 1.807) is 12.3 Å². The van der Waals surface area contributed by atoms with E-state index in [0.717, 1.165) is 22.6 Å². The molecule has 3 heterocycles. The Morgan fingerprint density at radius 3 is 2.29 bits per heavy atom. The number of nitrogens with zero attached hydrogens (tertiary/aromatic N) is 3. The second-order valence-corrected chi connectivity index (χ2v) is 9.27. The second kappa shape index (κ2) is 8.61. The molecule has 34 heavy (non-hydrogen) atoms. The Morgan fingerprint density at radius 1 is 0.912 bits per heavy atom. The highest BCUT2D eigenvalue weighted by Gasteiger charge is 2.43. The lowest BCUT2D eigenvalue weighted by atomic mass is 9.96. The molecule has 2 aromatic carbocycles. The summed E-state index contributed by atoms with van der Waals surface area (Å²) in [5, 5.41) is 14.8. The zero-order chi connectivity index (χ0) is 24.0. The SMILES string of the molecule is Cc1cccc(C)c1-n1c(C)cc([C@@H]2[C@@H](c3ccccn3)NC(=S)N2c2ccccc2O)c1C. The number of nitrogens with one attached hydrogen (secondary N) is 1. The third-order valence-corrected chi connectivity index (χ3v) is 7.01. The predicted molar refractivity (Wildman–Crippen MR) is 141 cm³/mol. The second-order valence-electron chi connectivity index (χ2n) is 8.89. The van der Waals surface area contributed by atoms with Crippen LogP contribution in [0.5, 0.6) is 5.75 Å². The fraction of sp³-hybridized carbons (Fsp3) is 0.214. The molecule has 1 fully saturated rings. The molecule has 0 amide bonds. The number of anilines is 1. The minimum atomic E-state index is -0.181. The van der Waals surface area contributed by atoms with Crippen LogP contribution >= 0.6 is 12.2 Å². The highest BCUT2D eigenvalue weighted by molar-refractivity contribution is 7.80. The molecule has 1 aliphatic rings. The highest BCUT2D eigenvalue weighted by atomic mass is 32.1. The van der Waals surface area contributed by atoms with Crippen molar-refractivity contribution in [1.82, 2.24) is 14.9 Å². The van der Waals surface area contributed by atoms with Gasteiger partial charge < -0.3 is 19.9 Å². The molecule has 1 aliphatic heterocycles. The first-order valence-electron chi connectivity index (χ1n) is 11.4. The van der Waals surface area contributed by atoms with Crippen LogP contribution in [0.3, 0.4) is 0 Å². The first kappa shape index (κ1) is 22.2. The number of aryl methyl sites for hydroxylation is 3. The van der Waals surface area contributed by atoms with E-state index >= 15 is 0 Å². The van der Waals surface area contributed by atoms with Gasteiger partial charge in [0.2, 0.25) is 0 Å². The van der Waals surface area contributed by atoms with E-state index in [2.05, 4.69) is 66.8 Å². The number of aromatic hydroxyl groups is 1. The first-order chi connectivity index (χ1) is 16.4. The Bertz CT molecular complexity index is 1360. The Morgan fingerprint density at radius 2 is 1.62 bits per heavy atom. The lowest BCUT2D eigenvalue weighted by Crippen LogP contribution is -2.29. The normalized spacial score (nSPS) is 17.8. The van der Waals surface area contributed by atoms with Crippen LogP contribution in [0.4, 0.5) is 5.69 Å². The average Bonchev–Trinajstić information content (AvgIpc) is 3.31. The molecule has 2 atom stereocenters. The highest BCUT2D eigenvalue weighted by Crippen LogP contribution is 2.46. The third kappa shape index (κ3) is 3.55. The van der Waals surface area contributed by atoms with Gasteiger partial charge in [0.25, 0.3) is 0 Å². The molecule has 0 aliphatic carbocycles. The predicted octanol–water partition coefficient (Wildman–Crippen LogP) is 5.99. The molecule has 5 nitrogen and oxygen atoms in total. The van der Waals surface area contributed by atoms with E-state index in [-0.39, 0.29) is 17.8 Å². The van der Waals surface area contributed by atoms with E-state index < -0.39 is 0 Å². The number of phenolic OH excluding ortho intramolecular Hbond substituents is 1. The van der Waals surface area contributed by atoms with E-state index in [9.17, 15) is 5.11 Å². The summed E-state index contributed by atoms with van der Waals surface area (Å²) < 4.78 is 2.33. The number of benzene rings is 2. The van der Waals surface area contributed by atoms with Crippen LogP contribution in [-0.4, -0.2) is 19.8 Å². The quantitative estimate of drug-likeness (QED) is 0.361. The molecule has 5 rings (SSSR count). The number of para-hydroxylation sites is 3. The molecular formula is C28H28N4OS. The van der Waals surface area contributed by atoms with Crippen LogP contribution in [0.25, 0.3) is 5.69 Å². The van der Waals surface area contributed by atoms with E-state index in [1.807, 2.05) is 41.3 Å². The van der Waals surface area contributed by atoms with E-state index in [1.165, 1.54) is 16.8 Å². The van der Waals surface area contributed by atoms with E-state index in [0.29, 0.717) is 10.8 Å². The van der Waals surface area contributed by atoms with Crippen LogP contribution < -0.4 is 10.2 Å². The maximum Gasteiger partial charge on any atom is 0.174 e. The monoisotopic (exact) mass is 468 g/mol. The van der Waals surface area contributed by atoms with Crippen molar-refractivity contribution in [2.45, 2.75) is 39.8 Å². The van der Waals surface area contributed by atoms with Gasteiger partial charge in [-0.25, -0.2) is 0 Å². The number of hydrogen-bond acceptors (Lipinski definition) is 3. The maximum absolute atomic E-state index is 10.7. The lowest BCUT2D eigenvalue weighted by molar-refractivity contribution is 0.472. The summed E-state index contributed by atoms with van der Waals surface area (Å²) >= 11 is 5.82. The van der Waals surface area contributed by atoms with Gasteiger partial charge >= 0.3 is 0 Å². The van der Waals surface area contributed by atoms with Gasteiger partial charge in [0.15, 0.2) is 5.11 Å². The minimum absolute atomic E-state index is 0.166. The molecule has 172 valence electrons. The summed E-state index contributed by atoms with van der Waals surface area (Å²) in [6.45, 7) is 8.60. The Balaban J connectivity index is 1.73. The summed E-state index contributed by atoms with van der Waals surface area (Å²) in [5.41, 5.74) is 8.70. The number of aromatic nitrogens is 2. The zero-order valence-corrected chi connectivity index (χ0v) is 20.6. The van der Waals surface area contributed by atoms with Crippen LogP contribution in [-0.2, 0) is 0 Å². The average molecular weight is 469 g/mol. The topological polar surface area (TPSA) is 53.3 Å². The molecule has 6 heteroatoms. The summed E-state index contributed by atoms with van der Waals surface area (Å²) in [5.74, 6) is 0.196. The smallest absolute Gasteiger partial charge is 0.174 e. The molecule has 1 saturated heterocycles. The number of pyridine rings is 1. The van der Waals surface area contributed by atoms with Crippen LogP contribution in [0.1, 0.15) is 45.9 Å². The van der Waals surface area contributed by atoms with Crippen LogP contribution in [0, 0.1) is 27.7 Å². The molecule has 4 aromatic rings. The van der Waals surface area contributed by atoms with Gasteiger partial charge in [-0.1, -0.05) is 36.4 Å². The van der Waals surface area contributed by atoms with Crippen molar-refractivity contribution in [3.63, 3.8) is 0 Å². The van der Waals surface area contributed by atoms with E-state index in [4.69, 9.17) is 12.2 Å². The molecule has 0 spiro atoms. The Labute approximate surface area is 205 Å². The molecule has 0 bridgehead atoms. The van der Waals surface area contributed by atoms with Gasteiger partial charge in [0, 0.05) is 17.6 Å². The van der Waals surface area contributed by atoms with Gasteiger partial charge in [-0.15, -0.1) is 0 Å². The summed E-state index contributed by atoms with van der Waals surface area (Å²) in [7, 11) is 0. The molecule has 2 N–H and O–H groups in total. The van der Waals surface area contributed by atoms with Crippen molar-refractivity contribution in [2.75, 3.05) is 4.90 Å². The Kier molecular flexibility index (Phi) is 5.62. The molecule has 0 unspecified atom stereocenters. The van der Waals surface area contributed by atoms with Crippen molar-refractivity contribution in [2.24, 2.45) is 0 Å². The van der Waals surface area contributed by atoms with Crippen molar-refractivity contribution >= 4 is 23.0 Å². The van der Waals surface area contributed by atoms with Crippen molar-refractivity contribution in [3.05, 3.63) is 107 Å². The Hall–Kier alpha value is -3.64. The van der Waals surface area contributed by atoms with Gasteiger partial charge in [-0.05, 0) is 86.9 Å². The van der Waals surface area contributed by atoms with Crippen LogP contribution in [0.15, 0.2) is 72.9 Å². The van der Waals surface area contributed by atoms with Gasteiger partial charge in [-0.2, -0.15) is 0 Å². The molecular weight excluding hydrogens is 440 g/mol. The number of thiocarbonyl (C=S) groups is 1. The van der Waals surface area contributed by atoms with Crippen LogP contribution in [0.2, 0.25) is 0 Å². The fourth-order valence-electron chi connectivity index (χ4n) is 5.19. The largest absolute Gasteiger partial charge is 0.506 e. The van der Waals surface area contributed by atoms with Gasteiger partial charge in [-0.3, -0.25) is 4.98 Å². The van der Waals surface area contributed by atoms with Crippen molar-refractivity contribution in [3.8, 4) is 11.4 Å². The number of phenols is 1. The molecule has 2 aromatic heterocycles. The zero-order valence-electron chi connectivity index (χ0n) is 19.8. The third-order valence-electron chi connectivity index (χ3n) is 6.69. The summed E-state index contributed by atoms with van der Waals surface area (Å²) in [6.07, 6.45) is 1.81.